The molecule has 0 unspecified atom stereocenters. The van der Waals surface area contributed by atoms with Gasteiger partial charge in [0, 0.05) is 0 Å². The molecule has 0 heterocycles. The van der Waals surface area contributed by atoms with Gasteiger partial charge in [-0.1, -0.05) is 23.7 Å². The fourth-order valence-electron chi connectivity index (χ4n) is 1.75. The fraction of sp³-hybridized carbons (Fsp3) is 0.125. The van der Waals surface area contributed by atoms with Crippen LogP contribution in [0.25, 0.3) is 0 Å². The van der Waals surface area contributed by atoms with E-state index < -0.39 is 30.1 Å². The van der Waals surface area contributed by atoms with Crippen LogP contribution in [0.4, 0.5) is 14.5 Å². The summed E-state index contributed by atoms with van der Waals surface area (Å²) in [6, 6.07) is 8.85. The van der Waals surface area contributed by atoms with Gasteiger partial charge in [0.1, 0.15) is 11.6 Å². The maximum absolute atomic E-state index is 13.1. The number of hydrogen-bond acceptors (Lipinski definition) is 3. The minimum atomic E-state index is -0.648. The van der Waals surface area contributed by atoms with Crippen LogP contribution in [-0.2, 0) is 20.7 Å². The number of halogens is 3. The van der Waals surface area contributed by atoms with E-state index in [-0.39, 0.29) is 17.1 Å². The average molecular weight is 340 g/mol. The zero-order valence-electron chi connectivity index (χ0n) is 11.8. The van der Waals surface area contributed by atoms with Gasteiger partial charge in [-0.2, -0.15) is 0 Å². The summed E-state index contributed by atoms with van der Waals surface area (Å²) in [5.74, 6) is -2.26. The Hall–Kier alpha value is -2.47. The summed E-state index contributed by atoms with van der Waals surface area (Å²) in [7, 11) is 0. The summed E-state index contributed by atoms with van der Waals surface area (Å²) >= 11 is 5.80. The second-order valence-corrected chi connectivity index (χ2v) is 5.04. The summed E-state index contributed by atoms with van der Waals surface area (Å²) in [5.41, 5.74) is 0.649. The van der Waals surface area contributed by atoms with E-state index in [2.05, 4.69) is 5.32 Å². The van der Waals surface area contributed by atoms with Gasteiger partial charge >= 0.3 is 5.97 Å². The van der Waals surface area contributed by atoms with Gasteiger partial charge in [-0.15, -0.1) is 0 Å². The quantitative estimate of drug-likeness (QED) is 0.850. The zero-order valence-corrected chi connectivity index (χ0v) is 12.6. The van der Waals surface area contributed by atoms with Gasteiger partial charge in [0.15, 0.2) is 6.61 Å². The lowest BCUT2D eigenvalue weighted by molar-refractivity contribution is -0.146. The number of benzene rings is 2. The molecule has 0 spiro atoms. The summed E-state index contributed by atoms with van der Waals surface area (Å²) < 4.78 is 30.6. The van der Waals surface area contributed by atoms with Gasteiger partial charge in [-0.25, -0.2) is 8.78 Å². The number of anilines is 1. The van der Waals surface area contributed by atoms with Crippen molar-refractivity contribution >= 4 is 29.2 Å². The van der Waals surface area contributed by atoms with Crippen molar-refractivity contribution in [3.8, 4) is 0 Å². The van der Waals surface area contributed by atoms with Crippen LogP contribution in [0.5, 0.6) is 0 Å². The first-order valence-corrected chi connectivity index (χ1v) is 6.97. The van der Waals surface area contributed by atoms with E-state index in [1.54, 1.807) is 0 Å². The van der Waals surface area contributed by atoms with Crippen molar-refractivity contribution in [3.63, 3.8) is 0 Å². The van der Waals surface area contributed by atoms with Crippen molar-refractivity contribution < 1.29 is 23.1 Å². The lowest BCUT2D eigenvalue weighted by Gasteiger charge is -2.08. The Bertz CT molecular complexity index is 720. The van der Waals surface area contributed by atoms with E-state index in [1.807, 2.05) is 0 Å². The van der Waals surface area contributed by atoms with Gasteiger partial charge in [0.2, 0.25) is 0 Å². The summed E-state index contributed by atoms with van der Waals surface area (Å²) in [4.78, 5) is 23.3. The van der Waals surface area contributed by atoms with Crippen molar-refractivity contribution in [3.05, 3.63) is 64.7 Å². The molecule has 2 aromatic rings. The lowest BCUT2D eigenvalue weighted by Crippen LogP contribution is -2.21. The Morgan fingerprint density at radius 1 is 1.04 bits per heavy atom. The number of ether oxygens (including phenoxy) is 1. The molecule has 0 aliphatic heterocycles. The number of esters is 1. The summed E-state index contributed by atoms with van der Waals surface area (Å²) in [5, 5.41) is 2.50. The number of nitrogens with one attached hydrogen (secondary N) is 1. The topological polar surface area (TPSA) is 55.4 Å². The molecule has 2 aromatic carbocycles. The predicted molar refractivity (Wildman–Crippen MR) is 81.1 cm³/mol. The molecule has 120 valence electrons. The van der Waals surface area contributed by atoms with Crippen LogP contribution in [0.2, 0.25) is 5.02 Å². The van der Waals surface area contributed by atoms with E-state index in [0.717, 1.165) is 12.1 Å². The molecule has 0 atom stereocenters. The molecule has 4 nitrogen and oxygen atoms in total. The monoisotopic (exact) mass is 339 g/mol. The van der Waals surface area contributed by atoms with Gasteiger partial charge < -0.3 is 10.1 Å². The highest BCUT2D eigenvalue weighted by molar-refractivity contribution is 6.33. The molecule has 23 heavy (non-hydrogen) atoms. The van der Waals surface area contributed by atoms with Gasteiger partial charge in [0.25, 0.3) is 5.91 Å². The molecule has 0 aromatic heterocycles. The second kappa shape index (κ2) is 7.69. The van der Waals surface area contributed by atoms with Crippen LogP contribution in [0, 0.1) is 11.6 Å². The normalized spacial score (nSPS) is 10.2. The third kappa shape index (κ3) is 5.34. The molecular formula is C16H12ClF2NO3. The Morgan fingerprint density at radius 2 is 1.70 bits per heavy atom. The lowest BCUT2D eigenvalue weighted by atomic mass is 10.1. The zero-order chi connectivity index (χ0) is 16.8. The largest absolute Gasteiger partial charge is 0.455 e. The van der Waals surface area contributed by atoms with E-state index in [9.17, 15) is 18.4 Å². The SMILES string of the molecule is O=C(COC(=O)Cc1ccc(F)cc1)Nc1cc(F)ccc1Cl. The number of carbonyl (C=O) groups is 2. The van der Waals surface area contributed by atoms with Gasteiger partial charge in [0.05, 0.1) is 17.1 Å². The highest BCUT2D eigenvalue weighted by atomic mass is 35.5. The van der Waals surface area contributed by atoms with Crippen LogP contribution >= 0.6 is 11.6 Å². The molecule has 0 radical (unpaired) electrons. The van der Waals surface area contributed by atoms with Crippen LogP contribution in [0.3, 0.4) is 0 Å². The Kier molecular flexibility index (Phi) is 5.65. The summed E-state index contributed by atoms with van der Waals surface area (Å²) in [6.07, 6.45) is -0.0890. The minimum absolute atomic E-state index is 0.0890. The standard InChI is InChI=1S/C16H12ClF2NO3/c17-13-6-5-12(19)8-14(13)20-15(21)9-23-16(22)7-10-1-3-11(18)4-2-10/h1-6,8H,7,9H2,(H,20,21). The first-order chi connectivity index (χ1) is 10.9. The molecule has 2 rings (SSSR count). The number of carbonyl (C=O) groups excluding carboxylic acids is 2. The number of rotatable bonds is 5. The fourth-order valence-corrected chi connectivity index (χ4v) is 1.91. The molecule has 1 amide bonds. The van der Waals surface area contributed by atoms with Crippen molar-refractivity contribution in [2.75, 3.05) is 11.9 Å². The van der Waals surface area contributed by atoms with Crippen molar-refractivity contribution in [1.29, 1.82) is 0 Å². The van der Waals surface area contributed by atoms with Crippen LogP contribution in [0.15, 0.2) is 42.5 Å². The molecule has 0 saturated carbocycles. The predicted octanol–water partition coefficient (Wildman–Crippen LogP) is 3.34. The van der Waals surface area contributed by atoms with Gasteiger partial charge in [-0.3, -0.25) is 9.59 Å². The molecule has 0 saturated heterocycles. The van der Waals surface area contributed by atoms with Crippen LogP contribution < -0.4 is 5.32 Å². The minimum Gasteiger partial charge on any atom is -0.455 e. The first-order valence-electron chi connectivity index (χ1n) is 6.59. The van der Waals surface area contributed by atoms with Crippen LogP contribution in [-0.4, -0.2) is 18.5 Å². The third-order valence-electron chi connectivity index (χ3n) is 2.83. The maximum Gasteiger partial charge on any atom is 0.310 e. The molecule has 0 aliphatic carbocycles. The Balaban J connectivity index is 1.83. The van der Waals surface area contributed by atoms with E-state index >= 15 is 0 Å². The Morgan fingerprint density at radius 3 is 2.39 bits per heavy atom. The second-order valence-electron chi connectivity index (χ2n) is 4.64. The van der Waals surface area contributed by atoms with E-state index in [0.29, 0.717) is 5.56 Å². The number of hydrogen-bond donors (Lipinski definition) is 1. The first kappa shape index (κ1) is 16.9. The average Bonchev–Trinajstić information content (AvgIpc) is 2.51. The van der Waals surface area contributed by atoms with Gasteiger partial charge in [-0.05, 0) is 35.9 Å². The highest BCUT2D eigenvalue weighted by Crippen LogP contribution is 2.22. The van der Waals surface area contributed by atoms with Crippen molar-refractivity contribution in [2.24, 2.45) is 0 Å². The molecule has 0 aliphatic rings. The molecule has 7 heteroatoms. The summed E-state index contributed by atoms with van der Waals surface area (Å²) in [6.45, 7) is -0.535. The third-order valence-corrected chi connectivity index (χ3v) is 3.16. The van der Waals surface area contributed by atoms with Crippen LogP contribution in [0.1, 0.15) is 5.56 Å². The number of amides is 1. The van der Waals surface area contributed by atoms with E-state index in [1.165, 1.54) is 30.3 Å². The van der Waals surface area contributed by atoms with Crippen molar-refractivity contribution in [2.45, 2.75) is 6.42 Å². The Labute approximate surface area is 136 Å². The molecular weight excluding hydrogens is 328 g/mol. The molecule has 0 fully saturated rings. The molecule has 1 N–H and O–H groups in total. The van der Waals surface area contributed by atoms with E-state index in [4.69, 9.17) is 16.3 Å². The maximum atomic E-state index is 13.1. The highest BCUT2D eigenvalue weighted by Gasteiger charge is 2.11. The smallest absolute Gasteiger partial charge is 0.310 e. The van der Waals surface area contributed by atoms with Crippen molar-refractivity contribution in [1.82, 2.24) is 0 Å². The molecule has 0 bridgehead atoms.